The molecule has 34 heavy (non-hydrogen) atoms. The molecule has 1 saturated heterocycles. The van der Waals surface area contributed by atoms with Crippen LogP contribution in [0.2, 0.25) is 0 Å². The summed E-state index contributed by atoms with van der Waals surface area (Å²) in [5, 5.41) is 6.95. The van der Waals surface area contributed by atoms with E-state index < -0.39 is 20.0 Å². The zero-order valence-electron chi connectivity index (χ0n) is 18.5. The highest BCUT2D eigenvalue weighted by atomic mass is 35.5. The highest BCUT2D eigenvalue weighted by Crippen LogP contribution is 2.38. The SMILES string of the molecule is Cc1noc(C)c1S(=O)(=O)N(Cl)c1ccc(N2CCNCC2)cc1NS(=O)(=O)c1ccccc1. The highest BCUT2D eigenvalue weighted by molar-refractivity contribution is 7.94. The average molecular weight is 526 g/mol. The van der Waals surface area contributed by atoms with Crippen LogP contribution in [0.4, 0.5) is 17.1 Å². The largest absolute Gasteiger partial charge is 0.369 e. The van der Waals surface area contributed by atoms with E-state index >= 15 is 0 Å². The minimum Gasteiger partial charge on any atom is -0.369 e. The zero-order valence-corrected chi connectivity index (χ0v) is 20.9. The van der Waals surface area contributed by atoms with Gasteiger partial charge in [0.2, 0.25) is 0 Å². The first-order valence-electron chi connectivity index (χ1n) is 10.4. The summed E-state index contributed by atoms with van der Waals surface area (Å²) >= 11 is 6.37. The first-order chi connectivity index (χ1) is 16.1. The van der Waals surface area contributed by atoms with Crippen LogP contribution in [0, 0.1) is 13.8 Å². The van der Waals surface area contributed by atoms with Gasteiger partial charge < -0.3 is 14.7 Å². The van der Waals surface area contributed by atoms with Crippen molar-refractivity contribution >= 4 is 48.9 Å². The summed E-state index contributed by atoms with van der Waals surface area (Å²) in [6.07, 6.45) is 0. The molecule has 0 spiro atoms. The van der Waals surface area contributed by atoms with Crippen LogP contribution in [0.15, 0.2) is 62.8 Å². The summed E-state index contributed by atoms with van der Waals surface area (Å²) in [6.45, 7) is 5.92. The number of hydrogen-bond donors (Lipinski definition) is 2. The first kappa shape index (κ1) is 24.3. The number of halogens is 1. The van der Waals surface area contributed by atoms with Gasteiger partial charge in [0.25, 0.3) is 20.0 Å². The Morgan fingerprint density at radius 3 is 2.35 bits per heavy atom. The number of benzene rings is 2. The van der Waals surface area contributed by atoms with Crippen LogP contribution >= 0.6 is 11.8 Å². The van der Waals surface area contributed by atoms with Crippen LogP contribution in [-0.2, 0) is 20.0 Å². The van der Waals surface area contributed by atoms with E-state index in [4.69, 9.17) is 16.3 Å². The van der Waals surface area contributed by atoms with Crippen LogP contribution in [0.3, 0.4) is 0 Å². The van der Waals surface area contributed by atoms with Crippen molar-refractivity contribution in [3.63, 3.8) is 0 Å². The van der Waals surface area contributed by atoms with Crippen LogP contribution in [0.25, 0.3) is 0 Å². The normalized spacial score (nSPS) is 14.7. The van der Waals surface area contributed by atoms with Gasteiger partial charge in [0.15, 0.2) is 10.7 Å². The van der Waals surface area contributed by atoms with E-state index in [9.17, 15) is 16.8 Å². The van der Waals surface area contributed by atoms with Crippen molar-refractivity contribution in [3.05, 3.63) is 60.0 Å². The maximum atomic E-state index is 13.3. The molecule has 0 atom stereocenters. The minimum atomic E-state index is -4.31. The molecule has 0 saturated carbocycles. The van der Waals surface area contributed by atoms with Crippen molar-refractivity contribution in [2.75, 3.05) is 39.6 Å². The third-order valence-corrected chi connectivity index (χ3v) is 9.21. The molecular formula is C21H24ClN5O5S2. The van der Waals surface area contributed by atoms with Gasteiger partial charge in [-0.05, 0) is 44.2 Å². The predicted octanol–water partition coefficient (Wildman–Crippen LogP) is 2.85. The third kappa shape index (κ3) is 4.71. The van der Waals surface area contributed by atoms with Crippen LogP contribution in [-0.4, -0.2) is 48.2 Å². The topological polar surface area (TPSA) is 125 Å². The number of anilines is 3. The summed E-state index contributed by atoms with van der Waals surface area (Å²) in [7, 11) is -8.33. The Balaban J connectivity index is 1.80. The molecule has 1 aliphatic rings. The lowest BCUT2D eigenvalue weighted by molar-refractivity contribution is 0.390. The Morgan fingerprint density at radius 1 is 1.06 bits per heavy atom. The minimum absolute atomic E-state index is 0.0187. The maximum absolute atomic E-state index is 13.3. The number of aromatic nitrogens is 1. The molecule has 13 heteroatoms. The summed E-state index contributed by atoms with van der Waals surface area (Å²) < 4.78 is 60.8. The number of sulfonamides is 2. The Kier molecular flexibility index (Phi) is 6.76. The van der Waals surface area contributed by atoms with Crippen molar-refractivity contribution < 1.29 is 21.4 Å². The van der Waals surface area contributed by atoms with Crippen molar-refractivity contribution in [1.29, 1.82) is 0 Å². The van der Waals surface area contributed by atoms with Gasteiger partial charge in [-0.15, -0.1) is 0 Å². The Labute approximate surface area is 203 Å². The van der Waals surface area contributed by atoms with Gasteiger partial charge in [0.05, 0.1) is 16.3 Å². The van der Waals surface area contributed by atoms with E-state index in [2.05, 4.69) is 20.1 Å². The molecule has 0 radical (unpaired) electrons. The smallest absolute Gasteiger partial charge is 0.283 e. The molecular weight excluding hydrogens is 502 g/mol. The number of aryl methyl sites for hydroxylation is 2. The van der Waals surface area contributed by atoms with Crippen molar-refractivity contribution in [2.45, 2.75) is 23.6 Å². The highest BCUT2D eigenvalue weighted by Gasteiger charge is 2.33. The molecule has 1 fully saturated rings. The summed E-state index contributed by atoms with van der Waals surface area (Å²) in [5.41, 5.74) is 0.841. The summed E-state index contributed by atoms with van der Waals surface area (Å²) in [4.78, 5) is 1.93. The van der Waals surface area contributed by atoms with Crippen LogP contribution < -0.4 is 18.8 Å². The number of nitrogens with one attached hydrogen (secondary N) is 2. The fourth-order valence-electron chi connectivity index (χ4n) is 3.73. The second-order valence-corrected chi connectivity index (χ2v) is 11.7. The number of nitrogens with zero attached hydrogens (tertiary/aromatic N) is 3. The fraction of sp³-hybridized carbons (Fsp3) is 0.286. The Hall–Kier alpha value is -2.80. The predicted molar refractivity (Wildman–Crippen MR) is 130 cm³/mol. The molecule has 2 heterocycles. The van der Waals surface area contributed by atoms with Gasteiger partial charge in [-0.3, -0.25) is 4.72 Å². The Morgan fingerprint density at radius 2 is 1.74 bits per heavy atom. The van der Waals surface area contributed by atoms with Gasteiger partial charge in [0.1, 0.15) is 5.69 Å². The molecule has 2 N–H and O–H groups in total. The van der Waals surface area contributed by atoms with E-state index in [1.165, 1.54) is 32.0 Å². The molecule has 1 aromatic heterocycles. The van der Waals surface area contributed by atoms with E-state index in [1.807, 2.05) is 0 Å². The van der Waals surface area contributed by atoms with Gasteiger partial charge >= 0.3 is 0 Å². The fourth-order valence-corrected chi connectivity index (χ4v) is 6.56. The summed E-state index contributed by atoms with van der Waals surface area (Å²) in [5.74, 6) is 0.0759. The molecule has 4 rings (SSSR count). The molecule has 0 bridgehead atoms. The lowest BCUT2D eigenvalue weighted by atomic mass is 10.2. The van der Waals surface area contributed by atoms with Crippen molar-refractivity contribution in [2.24, 2.45) is 0 Å². The molecule has 1 aliphatic heterocycles. The third-order valence-electron chi connectivity index (χ3n) is 5.39. The molecule has 10 nitrogen and oxygen atoms in total. The van der Waals surface area contributed by atoms with Gasteiger partial charge in [-0.25, -0.2) is 8.42 Å². The standard InChI is InChI=1S/C21H24ClN5O5S2/c1-15-21(16(2)32-24-15)34(30,31)27(22)20-9-8-17(26-12-10-23-11-13-26)14-19(20)25-33(28,29)18-6-4-3-5-7-18/h3-9,14,23,25H,10-13H2,1-2H3. The van der Waals surface area contributed by atoms with Crippen LogP contribution in [0.5, 0.6) is 0 Å². The van der Waals surface area contributed by atoms with Gasteiger partial charge in [0, 0.05) is 43.6 Å². The second-order valence-electron chi connectivity index (χ2n) is 7.73. The zero-order chi connectivity index (χ0) is 24.5. The Bertz CT molecular complexity index is 1370. The van der Waals surface area contributed by atoms with Crippen LogP contribution in [0.1, 0.15) is 11.5 Å². The monoisotopic (exact) mass is 525 g/mol. The average Bonchev–Trinajstić information content (AvgIpc) is 3.18. The van der Waals surface area contributed by atoms with Gasteiger partial charge in [-0.1, -0.05) is 23.4 Å². The molecule has 2 aromatic carbocycles. The van der Waals surface area contributed by atoms with Gasteiger partial charge in [-0.2, -0.15) is 12.2 Å². The quantitative estimate of drug-likeness (QED) is 0.451. The van der Waals surface area contributed by atoms with E-state index in [0.717, 1.165) is 18.8 Å². The number of piperazine rings is 1. The number of rotatable bonds is 7. The van der Waals surface area contributed by atoms with Crippen molar-refractivity contribution in [1.82, 2.24) is 10.5 Å². The second kappa shape index (κ2) is 9.45. The van der Waals surface area contributed by atoms with E-state index in [-0.39, 0.29) is 32.6 Å². The van der Waals surface area contributed by atoms with Crippen molar-refractivity contribution in [3.8, 4) is 0 Å². The lowest BCUT2D eigenvalue weighted by Crippen LogP contribution is -2.43. The lowest BCUT2D eigenvalue weighted by Gasteiger charge is -2.30. The molecule has 0 unspecified atom stereocenters. The molecule has 3 aromatic rings. The molecule has 0 aliphatic carbocycles. The molecule has 0 amide bonds. The van der Waals surface area contributed by atoms with E-state index in [0.29, 0.717) is 16.9 Å². The maximum Gasteiger partial charge on any atom is 0.283 e. The first-order valence-corrected chi connectivity index (χ1v) is 13.7. The van der Waals surface area contributed by atoms with E-state index in [1.54, 1.807) is 30.3 Å². The number of hydrogen-bond acceptors (Lipinski definition) is 8. The summed E-state index contributed by atoms with van der Waals surface area (Å²) in [6, 6.07) is 12.6. The molecule has 182 valence electrons.